The molecule has 0 aliphatic carbocycles. The summed E-state index contributed by atoms with van der Waals surface area (Å²) in [5.41, 5.74) is 5.43. The zero-order valence-corrected chi connectivity index (χ0v) is 8.91. The minimum Gasteiger partial charge on any atom is -0.367 e. The Balaban J connectivity index is 3.98. The van der Waals surface area contributed by atoms with Crippen LogP contribution in [-0.4, -0.2) is 34.6 Å². The second kappa shape index (κ2) is 4.91. The highest BCUT2D eigenvalue weighted by Gasteiger charge is 2.22. The van der Waals surface area contributed by atoms with Gasteiger partial charge in [0.15, 0.2) is 6.29 Å². The summed E-state index contributed by atoms with van der Waals surface area (Å²) in [6, 6.07) is -0.317. The van der Waals surface area contributed by atoms with E-state index in [0.717, 1.165) is 0 Å². The molecule has 0 aromatic heterocycles. The number of rotatable bonds is 5. The van der Waals surface area contributed by atoms with Gasteiger partial charge in [0.2, 0.25) is 0 Å². The van der Waals surface area contributed by atoms with Gasteiger partial charge in [-0.1, -0.05) is 13.8 Å². The Kier molecular flexibility index (Phi) is 4.85. The molecule has 0 aromatic rings. The maximum absolute atomic E-state index is 9.03. The van der Waals surface area contributed by atoms with E-state index in [4.69, 9.17) is 15.9 Å². The van der Waals surface area contributed by atoms with Crippen LogP contribution in [0.15, 0.2) is 0 Å². The predicted molar refractivity (Wildman–Crippen MR) is 53.1 cm³/mol. The van der Waals surface area contributed by atoms with E-state index in [1.54, 1.807) is 0 Å². The van der Waals surface area contributed by atoms with Gasteiger partial charge in [0.1, 0.15) is 0 Å². The number of nitrogens with two attached hydrogens (primary N) is 1. The predicted octanol–water partition coefficient (Wildman–Crippen LogP) is -0.351. The first-order chi connectivity index (χ1) is 5.74. The molecule has 80 valence electrons. The first-order valence-electron chi connectivity index (χ1n) is 4.62. The summed E-state index contributed by atoms with van der Waals surface area (Å²) in [5, 5.41) is 21.1. The van der Waals surface area contributed by atoms with Crippen LogP contribution in [0.3, 0.4) is 0 Å². The molecule has 4 heteroatoms. The van der Waals surface area contributed by atoms with Gasteiger partial charge in [-0.15, -0.1) is 0 Å². The Morgan fingerprint density at radius 2 is 1.77 bits per heavy atom. The van der Waals surface area contributed by atoms with Gasteiger partial charge in [0.25, 0.3) is 0 Å². The highest BCUT2D eigenvalue weighted by molar-refractivity contribution is 4.80. The topological polar surface area (TPSA) is 78.5 Å². The van der Waals surface area contributed by atoms with E-state index in [2.05, 4.69) is 5.32 Å². The molecule has 0 aliphatic rings. The minimum absolute atomic E-state index is 0.169. The molecular formula is C9H22N2O2. The summed E-state index contributed by atoms with van der Waals surface area (Å²) in [6.45, 7) is 8.21. The molecule has 5 N–H and O–H groups in total. The molecule has 0 heterocycles. The first kappa shape index (κ1) is 12.8. The highest BCUT2D eigenvalue weighted by Crippen LogP contribution is 2.06. The summed E-state index contributed by atoms with van der Waals surface area (Å²) < 4.78 is 0. The van der Waals surface area contributed by atoms with Crippen molar-refractivity contribution in [1.82, 2.24) is 5.32 Å². The molecule has 4 nitrogen and oxygen atoms in total. The summed E-state index contributed by atoms with van der Waals surface area (Å²) in [7, 11) is 0. The van der Waals surface area contributed by atoms with Crippen LogP contribution in [0, 0.1) is 5.92 Å². The third-order valence-corrected chi connectivity index (χ3v) is 1.83. The van der Waals surface area contributed by atoms with Crippen molar-refractivity contribution >= 4 is 0 Å². The Labute approximate surface area is 80.1 Å². The van der Waals surface area contributed by atoms with Crippen molar-refractivity contribution in [1.29, 1.82) is 0 Å². The minimum atomic E-state index is -1.33. The number of aliphatic hydroxyl groups excluding tert-OH is 1. The van der Waals surface area contributed by atoms with Crippen molar-refractivity contribution in [2.45, 2.75) is 45.6 Å². The lowest BCUT2D eigenvalue weighted by Gasteiger charge is -2.28. The largest absolute Gasteiger partial charge is 0.367 e. The van der Waals surface area contributed by atoms with Crippen molar-refractivity contribution in [3.63, 3.8) is 0 Å². The molecule has 0 fully saturated rings. The number of nitrogens with one attached hydrogen (secondary N) is 1. The van der Waals surface area contributed by atoms with E-state index in [0.29, 0.717) is 6.54 Å². The molecular weight excluding hydrogens is 168 g/mol. The Morgan fingerprint density at radius 1 is 1.31 bits per heavy atom. The van der Waals surface area contributed by atoms with Crippen LogP contribution in [0.2, 0.25) is 0 Å². The Bertz CT molecular complexity index is 133. The van der Waals surface area contributed by atoms with Crippen molar-refractivity contribution in [3.8, 4) is 0 Å². The second-order valence-electron chi connectivity index (χ2n) is 4.55. The summed E-state index contributed by atoms with van der Waals surface area (Å²) in [5.74, 6) is 0.169. The molecule has 0 aromatic carbocycles. The first-order valence-corrected chi connectivity index (χ1v) is 4.62. The number of aliphatic hydroxyl groups is 2. The van der Waals surface area contributed by atoms with E-state index in [9.17, 15) is 0 Å². The van der Waals surface area contributed by atoms with Crippen LogP contribution in [-0.2, 0) is 0 Å². The molecule has 0 radical (unpaired) electrons. The van der Waals surface area contributed by atoms with Crippen LogP contribution >= 0.6 is 0 Å². The van der Waals surface area contributed by atoms with E-state index in [1.807, 2.05) is 27.7 Å². The van der Waals surface area contributed by atoms with E-state index in [1.165, 1.54) is 0 Å². The lowest BCUT2D eigenvalue weighted by Crippen LogP contribution is -2.51. The fourth-order valence-corrected chi connectivity index (χ4v) is 1.07. The van der Waals surface area contributed by atoms with Crippen LogP contribution < -0.4 is 11.1 Å². The van der Waals surface area contributed by atoms with Crippen LogP contribution in [0.25, 0.3) is 0 Å². The summed E-state index contributed by atoms with van der Waals surface area (Å²) in [6.07, 6.45) is -1.33. The van der Waals surface area contributed by atoms with Gasteiger partial charge >= 0.3 is 0 Å². The van der Waals surface area contributed by atoms with Gasteiger partial charge in [0.05, 0.1) is 6.04 Å². The highest BCUT2D eigenvalue weighted by atomic mass is 16.5. The van der Waals surface area contributed by atoms with Gasteiger partial charge in [-0.2, -0.15) is 0 Å². The van der Waals surface area contributed by atoms with Gasteiger partial charge in [-0.05, 0) is 19.8 Å². The monoisotopic (exact) mass is 190 g/mol. The Morgan fingerprint density at radius 3 is 2.00 bits per heavy atom. The quantitative estimate of drug-likeness (QED) is 0.447. The molecule has 0 saturated carbocycles. The molecule has 0 saturated heterocycles. The summed E-state index contributed by atoms with van der Waals surface area (Å²) in [4.78, 5) is 0. The average Bonchev–Trinajstić information content (AvgIpc) is 1.82. The van der Waals surface area contributed by atoms with Crippen LogP contribution in [0.4, 0.5) is 0 Å². The molecule has 0 spiro atoms. The fourth-order valence-electron chi connectivity index (χ4n) is 1.07. The maximum Gasteiger partial charge on any atom is 0.167 e. The van der Waals surface area contributed by atoms with E-state index >= 15 is 0 Å². The SMILES string of the molecule is CC(C)C(NCC(C)(C)N)C(O)O. The zero-order valence-electron chi connectivity index (χ0n) is 8.91. The normalized spacial score (nSPS) is 15.5. The molecule has 0 amide bonds. The third-order valence-electron chi connectivity index (χ3n) is 1.83. The van der Waals surface area contributed by atoms with Crippen molar-refractivity contribution in [2.75, 3.05) is 6.54 Å². The van der Waals surface area contributed by atoms with Crippen LogP contribution in [0.1, 0.15) is 27.7 Å². The molecule has 1 unspecified atom stereocenters. The number of hydrogen-bond acceptors (Lipinski definition) is 4. The van der Waals surface area contributed by atoms with Crippen molar-refractivity contribution < 1.29 is 10.2 Å². The molecule has 0 rings (SSSR count). The lowest BCUT2D eigenvalue weighted by molar-refractivity contribution is -0.0780. The second-order valence-corrected chi connectivity index (χ2v) is 4.55. The third kappa shape index (κ3) is 5.99. The molecule has 13 heavy (non-hydrogen) atoms. The van der Waals surface area contributed by atoms with Gasteiger partial charge in [-0.25, -0.2) is 0 Å². The van der Waals surface area contributed by atoms with Gasteiger partial charge < -0.3 is 21.3 Å². The average molecular weight is 190 g/mol. The molecule has 0 bridgehead atoms. The lowest BCUT2D eigenvalue weighted by atomic mass is 10.0. The molecule has 1 atom stereocenters. The smallest absolute Gasteiger partial charge is 0.167 e. The van der Waals surface area contributed by atoms with Crippen molar-refractivity contribution in [3.05, 3.63) is 0 Å². The molecule has 0 aliphatic heterocycles. The van der Waals surface area contributed by atoms with Crippen molar-refractivity contribution in [2.24, 2.45) is 11.7 Å². The maximum atomic E-state index is 9.03. The van der Waals surface area contributed by atoms with E-state index < -0.39 is 6.29 Å². The Hall–Kier alpha value is -0.160. The summed E-state index contributed by atoms with van der Waals surface area (Å²) >= 11 is 0. The van der Waals surface area contributed by atoms with Gasteiger partial charge in [-0.3, -0.25) is 0 Å². The zero-order chi connectivity index (χ0) is 10.6. The number of hydrogen-bond donors (Lipinski definition) is 4. The van der Waals surface area contributed by atoms with Gasteiger partial charge in [0, 0.05) is 12.1 Å². The standard InChI is InChI=1S/C9H22N2O2/c1-6(2)7(8(12)13)11-5-9(3,4)10/h6-8,11-13H,5,10H2,1-4H3. The van der Waals surface area contributed by atoms with Crippen LogP contribution in [0.5, 0.6) is 0 Å². The fraction of sp³-hybridized carbons (Fsp3) is 1.00. The van der Waals surface area contributed by atoms with E-state index in [-0.39, 0.29) is 17.5 Å².